The minimum Gasteiger partial charge on any atom is -0.673 e. The van der Waals surface area contributed by atoms with Crippen LogP contribution in [0.1, 0.15) is 52.7 Å². The number of nitrogens with one attached hydrogen (secondary N) is 1. The van der Waals surface area contributed by atoms with Crippen molar-refractivity contribution in [1.29, 1.82) is 0 Å². The molecule has 0 aliphatic heterocycles. The van der Waals surface area contributed by atoms with Crippen LogP contribution in [0.25, 0.3) is 22.1 Å². The second kappa shape index (κ2) is 11.3. The van der Waals surface area contributed by atoms with Crippen LogP contribution in [0.2, 0.25) is 0 Å². The summed E-state index contributed by atoms with van der Waals surface area (Å²) in [5, 5.41) is 2.53. The van der Waals surface area contributed by atoms with Gasteiger partial charge >= 0.3 is 21.7 Å². The number of benzene rings is 2. The van der Waals surface area contributed by atoms with Crippen molar-refractivity contribution in [3.63, 3.8) is 0 Å². The predicted octanol–water partition coefficient (Wildman–Crippen LogP) is 8.07. The number of allylic oxidation sites excluding steroid dienone is 4. The van der Waals surface area contributed by atoms with E-state index in [1.54, 1.807) is 0 Å². The van der Waals surface area contributed by atoms with Gasteiger partial charge in [0.15, 0.2) is 0 Å². The van der Waals surface area contributed by atoms with Gasteiger partial charge in [0.05, 0.1) is 0 Å². The molecule has 1 N–H and O–H groups in total. The molecular formula is C23H31Cl2NTi. The molecule has 0 heterocycles. The summed E-state index contributed by atoms with van der Waals surface area (Å²) in [4.78, 5) is 0. The Morgan fingerprint density at radius 2 is 1.48 bits per heavy atom. The minimum atomic E-state index is -0.250. The molecule has 146 valence electrons. The zero-order valence-electron chi connectivity index (χ0n) is 17.1. The SMILES string of the molecule is CC(C)(C)[NH-].Cl.Cl.[CH2-]c1c(C2=C(C)C(C)=CC2C)ccc2ccccc12.[Ti+2]. The quantitative estimate of drug-likeness (QED) is 0.316. The van der Waals surface area contributed by atoms with E-state index in [2.05, 4.69) is 70.2 Å². The van der Waals surface area contributed by atoms with Crippen LogP contribution in [0.3, 0.4) is 0 Å². The van der Waals surface area contributed by atoms with Crippen LogP contribution in [-0.4, -0.2) is 5.54 Å². The third-order valence-corrected chi connectivity index (χ3v) is 4.28. The first-order valence-corrected chi connectivity index (χ1v) is 8.58. The maximum atomic E-state index is 6.94. The van der Waals surface area contributed by atoms with E-state index >= 15 is 0 Å². The minimum absolute atomic E-state index is 0. The Balaban J connectivity index is 0. The Labute approximate surface area is 192 Å². The van der Waals surface area contributed by atoms with E-state index in [0.29, 0.717) is 5.92 Å². The molecule has 4 heteroatoms. The summed E-state index contributed by atoms with van der Waals surface area (Å²) in [5.74, 6) is 0.488. The summed E-state index contributed by atoms with van der Waals surface area (Å²) in [6.45, 7) is 16.6. The molecule has 0 spiro atoms. The van der Waals surface area contributed by atoms with Crippen LogP contribution in [0.15, 0.2) is 53.6 Å². The number of rotatable bonds is 1. The topological polar surface area (TPSA) is 23.8 Å². The van der Waals surface area contributed by atoms with Crippen LogP contribution < -0.4 is 0 Å². The average Bonchev–Trinajstić information content (AvgIpc) is 2.72. The van der Waals surface area contributed by atoms with Crippen LogP contribution >= 0.6 is 24.8 Å². The number of hydrogen-bond donors (Lipinski definition) is 0. The first-order valence-electron chi connectivity index (χ1n) is 8.58. The van der Waals surface area contributed by atoms with Crippen molar-refractivity contribution in [3.05, 3.63) is 77.4 Å². The van der Waals surface area contributed by atoms with E-state index in [9.17, 15) is 0 Å². The van der Waals surface area contributed by atoms with E-state index in [-0.39, 0.29) is 52.1 Å². The van der Waals surface area contributed by atoms with Crippen molar-refractivity contribution in [1.82, 2.24) is 0 Å². The third-order valence-electron chi connectivity index (χ3n) is 4.28. The molecule has 1 unspecified atom stereocenters. The molecule has 0 saturated heterocycles. The molecule has 0 fully saturated rings. The second-order valence-corrected chi connectivity index (χ2v) is 7.74. The smallest absolute Gasteiger partial charge is 0.673 e. The van der Waals surface area contributed by atoms with Gasteiger partial charge in [0, 0.05) is 0 Å². The molecular weight excluding hydrogens is 409 g/mol. The van der Waals surface area contributed by atoms with Crippen molar-refractivity contribution in [2.75, 3.05) is 0 Å². The normalized spacial score (nSPS) is 15.7. The molecule has 0 aromatic heterocycles. The molecule has 1 aliphatic rings. The third kappa shape index (κ3) is 7.33. The van der Waals surface area contributed by atoms with Gasteiger partial charge in [-0.3, -0.25) is 0 Å². The fourth-order valence-corrected chi connectivity index (χ4v) is 3.17. The molecule has 2 aromatic carbocycles. The van der Waals surface area contributed by atoms with Crippen LogP contribution in [0.5, 0.6) is 0 Å². The van der Waals surface area contributed by atoms with Crippen molar-refractivity contribution < 1.29 is 21.7 Å². The first kappa shape index (κ1) is 28.5. The predicted molar refractivity (Wildman–Crippen MR) is 122 cm³/mol. The maximum absolute atomic E-state index is 6.94. The van der Waals surface area contributed by atoms with E-state index in [4.69, 9.17) is 5.73 Å². The molecule has 1 nitrogen and oxygen atoms in total. The Morgan fingerprint density at radius 1 is 0.963 bits per heavy atom. The fraction of sp³-hybridized carbons (Fsp3) is 0.348. The van der Waals surface area contributed by atoms with E-state index in [1.807, 2.05) is 20.8 Å². The summed E-state index contributed by atoms with van der Waals surface area (Å²) in [5.41, 5.74) is 13.4. The summed E-state index contributed by atoms with van der Waals surface area (Å²) in [6.07, 6.45) is 2.35. The van der Waals surface area contributed by atoms with Gasteiger partial charge in [-0.1, -0.05) is 80.1 Å². The van der Waals surface area contributed by atoms with Crippen LogP contribution in [0, 0.1) is 12.8 Å². The van der Waals surface area contributed by atoms with Gasteiger partial charge in [0.1, 0.15) is 0 Å². The van der Waals surface area contributed by atoms with Gasteiger partial charge in [-0.15, -0.1) is 53.4 Å². The first-order chi connectivity index (χ1) is 11.1. The molecule has 2 aromatic rings. The summed E-state index contributed by atoms with van der Waals surface area (Å²) >= 11 is 0. The monoisotopic (exact) mass is 439 g/mol. The summed E-state index contributed by atoms with van der Waals surface area (Å²) in [7, 11) is 0. The molecule has 0 bridgehead atoms. The van der Waals surface area contributed by atoms with Gasteiger partial charge in [-0.2, -0.15) is 12.5 Å². The molecule has 0 saturated carbocycles. The fourth-order valence-electron chi connectivity index (χ4n) is 3.17. The van der Waals surface area contributed by atoms with E-state index in [0.717, 1.165) is 5.56 Å². The number of fused-ring (bicyclic) bond motifs is 1. The van der Waals surface area contributed by atoms with Crippen molar-refractivity contribution >= 4 is 41.2 Å². The molecule has 0 amide bonds. The molecule has 0 radical (unpaired) electrons. The van der Waals surface area contributed by atoms with Crippen molar-refractivity contribution in [2.45, 2.75) is 47.1 Å². The zero-order chi connectivity index (χ0) is 18.1. The van der Waals surface area contributed by atoms with Gasteiger partial charge < -0.3 is 5.73 Å². The Morgan fingerprint density at radius 3 is 1.96 bits per heavy atom. The summed E-state index contributed by atoms with van der Waals surface area (Å²) < 4.78 is 0. The standard InChI is InChI=1S/C19H19.C4H10N.2ClH.Ti/c1-12-11-13(2)19(14(12)3)18-10-9-16-7-5-6-8-17(16)15(18)4;1-4(2,3)5;;;/h5-11,13H,4H2,1-3H3;5H,1-3H3;2*1H;/q2*-1;;;+2. The van der Waals surface area contributed by atoms with Gasteiger partial charge in [0.25, 0.3) is 0 Å². The summed E-state index contributed by atoms with van der Waals surface area (Å²) in [6, 6.07) is 12.9. The zero-order valence-corrected chi connectivity index (χ0v) is 20.3. The largest absolute Gasteiger partial charge is 2.00 e. The Kier molecular flexibility index (Phi) is 12.0. The van der Waals surface area contributed by atoms with E-state index in [1.165, 1.54) is 33.1 Å². The molecule has 1 aliphatic carbocycles. The molecule has 1 atom stereocenters. The average molecular weight is 440 g/mol. The van der Waals surface area contributed by atoms with Gasteiger partial charge in [0.2, 0.25) is 0 Å². The molecule has 27 heavy (non-hydrogen) atoms. The van der Waals surface area contributed by atoms with Crippen LogP contribution in [0.4, 0.5) is 0 Å². The molecule has 3 rings (SSSR count). The van der Waals surface area contributed by atoms with Crippen molar-refractivity contribution in [2.24, 2.45) is 5.92 Å². The van der Waals surface area contributed by atoms with E-state index < -0.39 is 0 Å². The van der Waals surface area contributed by atoms with Crippen molar-refractivity contribution in [3.8, 4) is 0 Å². The van der Waals surface area contributed by atoms with Crippen LogP contribution in [-0.2, 0) is 21.7 Å². The Bertz CT molecular complexity index is 811. The van der Waals surface area contributed by atoms with Gasteiger partial charge in [-0.05, 0) is 19.8 Å². The Hall–Kier alpha value is -0.696. The second-order valence-electron chi connectivity index (χ2n) is 7.74. The van der Waals surface area contributed by atoms with Gasteiger partial charge in [-0.25, -0.2) is 0 Å². The maximum Gasteiger partial charge on any atom is 2.00 e. The number of halogens is 2. The number of hydrogen-bond acceptors (Lipinski definition) is 0.